The van der Waals surface area contributed by atoms with Gasteiger partial charge in [-0.2, -0.15) is 0 Å². The molecule has 0 aliphatic carbocycles. The largest absolute Gasteiger partial charge is 0.490 e. The first-order valence-corrected chi connectivity index (χ1v) is 6.81. The van der Waals surface area contributed by atoms with E-state index in [4.69, 9.17) is 14.2 Å². The summed E-state index contributed by atoms with van der Waals surface area (Å²) in [5, 5.41) is 0. The lowest BCUT2D eigenvalue weighted by Gasteiger charge is -2.13. The summed E-state index contributed by atoms with van der Waals surface area (Å²) in [5.41, 5.74) is 1.05. The van der Waals surface area contributed by atoms with E-state index in [1.54, 1.807) is 18.2 Å². The Kier molecular flexibility index (Phi) is 5.21. The minimum Gasteiger partial charge on any atom is -0.490 e. The number of hydrogen-bond acceptors (Lipinski definition) is 4. The second-order valence-corrected chi connectivity index (χ2v) is 4.41. The molecule has 0 N–H and O–H groups in total. The molecule has 0 fully saturated rings. The van der Waals surface area contributed by atoms with Crippen LogP contribution in [-0.2, 0) is 11.4 Å². The van der Waals surface area contributed by atoms with E-state index >= 15 is 0 Å². The molecule has 4 heteroatoms. The molecule has 2 aromatic rings. The fourth-order valence-corrected chi connectivity index (χ4v) is 1.84. The third-order valence-electron chi connectivity index (χ3n) is 2.71. The monoisotopic (exact) mass is 286 g/mol. The molecule has 0 saturated heterocycles. The first-order valence-electron chi connectivity index (χ1n) is 6.81. The van der Waals surface area contributed by atoms with Gasteiger partial charge in [-0.3, -0.25) is 4.79 Å². The lowest BCUT2D eigenvalue weighted by molar-refractivity contribution is -0.131. The molecule has 21 heavy (non-hydrogen) atoms. The molecular formula is C17H18O4. The van der Waals surface area contributed by atoms with Crippen LogP contribution in [0.3, 0.4) is 0 Å². The number of ether oxygens (including phenoxy) is 3. The predicted molar refractivity (Wildman–Crippen MR) is 79.7 cm³/mol. The number of carbonyl (C=O) groups is 1. The molecule has 0 amide bonds. The molecule has 0 radical (unpaired) electrons. The molecule has 0 heterocycles. The van der Waals surface area contributed by atoms with Gasteiger partial charge < -0.3 is 14.2 Å². The second kappa shape index (κ2) is 7.33. The molecule has 0 saturated carbocycles. The Morgan fingerprint density at radius 1 is 1.00 bits per heavy atom. The number of esters is 1. The highest BCUT2D eigenvalue weighted by Gasteiger charge is 2.09. The minimum absolute atomic E-state index is 0.367. The fourth-order valence-electron chi connectivity index (χ4n) is 1.84. The van der Waals surface area contributed by atoms with Gasteiger partial charge in [0.1, 0.15) is 12.4 Å². The van der Waals surface area contributed by atoms with Crippen molar-refractivity contribution in [3.63, 3.8) is 0 Å². The maximum Gasteiger partial charge on any atom is 0.308 e. The Bertz CT molecular complexity index is 593. The van der Waals surface area contributed by atoms with Gasteiger partial charge in [0.15, 0.2) is 11.5 Å². The first-order chi connectivity index (χ1) is 10.2. The Morgan fingerprint density at radius 3 is 2.43 bits per heavy atom. The minimum atomic E-state index is -0.367. The molecule has 0 unspecified atom stereocenters. The molecule has 2 rings (SSSR count). The van der Waals surface area contributed by atoms with Gasteiger partial charge in [0.2, 0.25) is 0 Å². The number of hydrogen-bond donors (Lipinski definition) is 0. The van der Waals surface area contributed by atoms with Crippen LogP contribution < -0.4 is 14.2 Å². The van der Waals surface area contributed by atoms with Crippen molar-refractivity contribution in [2.75, 3.05) is 6.61 Å². The van der Waals surface area contributed by atoms with Crippen molar-refractivity contribution in [3.05, 3.63) is 54.1 Å². The Morgan fingerprint density at radius 2 is 1.76 bits per heavy atom. The van der Waals surface area contributed by atoms with Gasteiger partial charge in [-0.25, -0.2) is 0 Å². The van der Waals surface area contributed by atoms with Crippen molar-refractivity contribution >= 4 is 5.97 Å². The van der Waals surface area contributed by atoms with Crippen molar-refractivity contribution in [2.45, 2.75) is 20.5 Å². The maximum atomic E-state index is 11.0. The zero-order chi connectivity index (χ0) is 15.1. The number of benzene rings is 2. The van der Waals surface area contributed by atoms with E-state index in [2.05, 4.69) is 0 Å². The molecule has 0 aromatic heterocycles. The smallest absolute Gasteiger partial charge is 0.308 e. The molecule has 0 atom stereocenters. The van der Waals surface area contributed by atoms with Crippen molar-refractivity contribution in [1.29, 1.82) is 0 Å². The average molecular weight is 286 g/mol. The first kappa shape index (κ1) is 14.9. The van der Waals surface area contributed by atoms with E-state index in [0.29, 0.717) is 30.5 Å². The lowest BCUT2D eigenvalue weighted by Crippen LogP contribution is -2.03. The van der Waals surface area contributed by atoms with E-state index in [1.165, 1.54) is 6.92 Å². The summed E-state index contributed by atoms with van der Waals surface area (Å²) in [4.78, 5) is 11.0. The van der Waals surface area contributed by atoms with Crippen molar-refractivity contribution in [1.82, 2.24) is 0 Å². The van der Waals surface area contributed by atoms with Crippen LogP contribution in [-0.4, -0.2) is 12.6 Å². The standard InChI is InChI=1S/C17H18O4/c1-3-19-16-10-9-15(21-13(2)18)11-17(16)20-12-14-7-5-4-6-8-14/h4-11H,3,12H2,1-2H3. The zero-order valence-corrected chi connectivity index (χ0v) is 12.2. The third-order valence-corrected chi connectivity index (χ3v) is 2.71. The zero-order valence-electron chi connectivity index (χ0n) is 12.2. The second-order valence-electron chi connectivity index (χ2n) is 4.41. The quantitative estimate of drug-likeness (QED) is 0.601. The van der Waals surface area contributed by atoms with Crippen molar-refractivity contribution < 1.29 is 19.0 Å². The molecule has 0 aliphatic rings. The average Bonchev–Trinajstić information content (AvgIpc) is 2.48. The summed E-state index contributed by atoms with van der Waals surface area (Å²) >= 11 is 0. The Hall–Kier alpha value is -2.49. The Balaban J connectivity index is 2.15. The third kappa shape index (κ3) is 4.53. The normalized spacial score (nSPS) is 10.0. The summed E-state index contributed by atoms with van der Waals surface area (Å²) < 4.78 is 16.4. The molecule has 0 bridgehead atoms. The van der Waals surface area contributed by atoms with Crippen LogP contribution in [0, 0.1) is 0 Å². The highest BCUT2D eigenvalue weighted by molar-refractivity contribution is 5.69. The SMILES string of the molecule is CCOc1ccc(OC(C)=O)cc1OCc1ccccc1. The Labute approximate surface area is 124 Å². The molecule has 110 valence electrons. The summed E-state index contributed by atoms with van der Waals surface area (Å²) in [7, 11) is 0. The lowest BCUT2D eigenvalue weighted by atomic mass is 10.2. The molecule has 0 aliphatic heterocycles. The summed E-state index contributed by atoms with van der Waals surface area (Å²) in [6, 6.07) is 14.9. The maximum absolute atomic E-state index is 11.0. The molecule has 0 spiro atoms. The van der Waals surface area contributed by atoms with Crippen molar-refractivity contribution in [2.24, 2.45) is 0 Å². The van der Waals surface area contributed by atoms with Gasteiger partial charge in [-0.1, -0.05) is 30.3 Å². The number of carbonyl (C=O) groups excluding carboxylic acids is 1. The van der Waals surface area contributed by atoms with Crippen molar-refractivity contribution in [3.8, 4) is 17.2 Å². The highest BCUT2D eigenvalue weighted by Crippen LogP contribution is 2.32. The summed E-state index contributed by atoms with van der Waals surface area (Å²) in [6.07, 6.45) is 0. The molecule has 4 nitrogen and oxygen atoms in total. The van der Waals surface area contributed by atoms with Gasteiger partial charge in [0.25, 0.3) is 0 Å². The predicted octanol–water partition coefficient (Wildman–Crippen LogP) is 3.59. The fraction of sp³-hybridized carbons (Fsp3) is 0.235. The highest BCUT2D eigenvalue weighted by atomic mass is 16.5. The topological polar surface area (TPSA) is 44.8 Å². The van der Waals surface area contributed by atoms with Crippen LogP contribution in [0.15, 0.2) is 48.5 Å². The van der Waals surface area contributed by atoms with Gasteiger partial charge in [-0.05, 0) is 24.6 Å². The van der Waals surface area contributed by atoms with Crippen LogP contribution in [0.2, 0.25) is 0 Å². The van der Waals surface area contributed by atoms with Crippen LogP contribution in [0.1, 0.15) is 19.4 Å². The van der Waals surface area contributed by atoms with E-state index in [0.717, 1.165) is 5.56 Å². The summed E-state index contributed by atoms with van der Waals surface area (Å²) in [5.74, 6) is 1.26. The molecule has 2 aromatic carbocycles. The van der Waals surface area contributed by atoms with E-state index in [1.807, 2.05) is 37.3 Å². The molecular weight excluding hydrogens is 268 g/mol. The van der Waals surface area contributed by atoms with E-state index in [-0.39, 0.29) is 5.97 Å². The van der Waals surface area contributed by atoms with Gasteiger partial charge in [0.05, 0.1) is 6.61 Å². The summed E-state index contributed by atoms with van der Waals surface area (Å²) in [6.45, 7) is 4.22. The van der Waals surface area contributed by atoms with Crippen LogP contribution in [0.5, 0.6) is 17.2 Å². The van der Waals surface area contributed by atoms with Gasteiger partial charge in [-0.15, -0.1) is 0 Å². The van der Waals surface area contributed by atoms with E-state index in [9.17, 15) is 4.79 Å². The van der Waals surface area contributed by atoms with Gasteiger partial charge in [0, 0.05) is 13.0 Å². The van der Waals surface area contributed by atoms with Crippen LogP contribution in [0.4, 0.5) is 0 Å². The van der Waals surface area contributed by atoms with Crippen LogP contribution in [0.25, 0.3) is 0 Å². The van der Waals surface area contributed by atoms with Crippen LogP contribution >= 0.6 is 0 Å². The van der Waals surface area contributed by atoms with Gasteiger partial charge >= 0.3 is 5.97 Å². The number of rotatable bonds is 6. The van der Waals surface area contributed by atoms with E-state index < -0.39 is 0 Å².